The van der Waals surface area contributed by atoms with Crippen molar-refractivity contribution in [1.29, 1.82) is 0 Å². The van der Waals surface area contributed by atoms with Gasteiger partial charge in [-0.25, -0.2) is 0 Å². The number of alkyl halides is 1. The maximum atomic E-state index is 5.85. The number of nitrogens with two attached hydrogens (primary N) is 1. The van der Waals surface area contributed by atoms with Crippen molar-refractivity contribution in [3.8, 4) is 11.3 Å². The number of hydrogen-bond donors (Lipinski definition) is 1. The Bertz CT molecular complexity index is 440. The lowest BCUT2D eigenvalue weighted by molar-refractivity contribution is 0.776. The standard InChI is InChI=1S/C11H12BrN3/c1-15-11(10(13)7-14-15)9-4-2-8(6-12)3-5-9/h2-5,7H,6,13H2,1H3. The number of rotatable bonds is 2. The van der Waals surface area contributed by atoms with Crippen molar-refractivity contribution in [3.05, 3.63) is 36.0 Å². The monoisotopic (exact) mass is 265 g/mol. The highest BCUT2D eigenvalue weighted by Crippen LogP contribution is 2.25. The van der Waals surface area contributed by atoms with Crippen molar-refractivity contribution >= 4 is 21.6 Å². The Kier molecular flexibility index (Phi) is 2.77. The quantitative estimate of drug-likeness (QED) is 0.849. The Morgan fingerprint density at radius 2 is 2.00 bits per heavy atom. The maximum Gasteiger partial charge on any atom is 0.0908 e. The molecule has 2 N–H and O–H groups in total. The molecule has 1 aromatic carbocycles. The van der Waals surface area contributed by atoms with Gasteiger partial charge in [0.25, 0.3) is 0 Å². The molecule has 0 unspecified atom stereocenters. The minimum atomic E-state index is 0.712. The molecule has 0 radical (unpaired) electrons. The van der Waals surface area contributed by atoms with Crippen molar-refractivity contribution in [2.75, 3.05) is 5.73 Å². The fourth-order valence-corrected chi connectivity index (χ4v) is 1.93. The third kappa shape index (κ3) is 1.90. The van der Waals surface area contributed by atoms with Gasteiger partial charge in [-0.15, -0.1) is 0 Å². The van der Waals surface area contributed by atoms with Crippen LogP contribution in [0.3, 0.4) is 0 Å². The number of hydrogen-bond acceptors (Lipinski definition) is 2. The minimum Gasteiger partial charge on any atom is -0.396 e. The number of aromatic nitrogens is 2. The molecule has 0 spiro atoms. The average molecular weight is 266 g/mol. The van der Waals surface area contributed by atoms with Gasteiger partial charge in [0.2, 0.25) is 0 Å². The first-order valence-electron chi connectivity index (χ1n) is 4.65. The highest BCUT2D eigenvalue weighted by Gasteiger charge is 2.07. The van der Waals surface area contributed by atoms with Gasteiger partial charge in [0, 0.05) is 17.9 Å². The van der Waals surface area contributed by atoms with Crippen molar-refractivity contribution in [2.24, 2.45) is 7.05 Å². The van der Waals surface area contributed by atoms with E-state index in [0.717, 1.165) is 16.6 Å². The Morgan fingerprint density at radius 3 is 2.47 bits per heavy atom. The molecule has 0 saturated heterocycles. The van der Waals surface area contributed by atoms with Gasteiger partial charge >= 0.3 is 0 Å². The fourth-order valence-electron chi connectivity index (χ4n) is 1.56. The highest BCUT2D eigenvalue weighted by molar-refractivity contribution is 9.08. The van der Waals surface area contributed by atoms with Gasteiger partial charge in [0.15, 0.2) is 0 Å². The predicted octanol–water partition coefficient (Wildman–Crippen LogP) is 2.56. The van der Waals surface area contributed by atoms with Crippen LogP contribution in [0.2, 0.25) is 0 Å². The van der Waals surface area contributed by atoms with E-state index in [0.29, 0.717) is 5.69 Å². The number of nitrogen functional groups attached to an aromatic ring is 1. The Labute approximate surface area is 97.0 Å². The van der Waals surface area contributed by atoms with Crippen LogP contribution in [0, 0.1) is 0 Å². The molecule has 1 aromatic heterocycles. The van der Waals surface area contributed by atoms with E-state index in [2.05, 4.69) is 45.3 Å². The first kappa shape index (κ1) is 10.2. The van der Waals surface area contributed by atoms with Gasteiger partial charge < -0.3 is 5.73 Å². The molecule has 2 aromatic rings. The summed E-state index contributed by atoms with van der Waals surface area (Å²) in [6.07, 6.45) is 1.67. The van der Waals surface area contributed by atoms with Gasteiger partial charge in [-0.05, 0) is 5.56 Å². The average Bonchev–Trinajstić information content (AvgIpc) is 2.59. The number of nitrogens with zero attached hydrogens (tertiary/aromatic N) is 2. The van der Waals surface area contributed by atoms with E-state index in [1.165, 1.54) is 5.56 Å². The molecule has 0 amide bonds. The van der Waals surface area contributed by atoms with Crippen LogP contribution in [0.25, 0.3) is 11.3 Å². The fraction of sp³-hybridized carbons (Fsp3) is 0.182. The molecule has 1 heterocycles. The molecular formula is C11H12BrN3. The summed E-state index contributed by atoms with van der Waals surface area (Å²) in [4.78, 5) is 0. The second-order valence-electron chi connectivity index (χ2n) is 3.40. The summed E-state index contributed by atoms with van der Waals surface area (Å²) in [7, 11) is 1.89. The summed E-state index contributed by atoms with van der Waals surface area (Å²) in [6, 6.07) is 8.28. The molecule has 0 aliphatic carbocycles. The van der Waals surface area contributed by atoms with Crippen LogP contribution in [0.15, 0.2) is 30.5 Å². The Morgan fingerprint density at radius 1 is 1.33 bits per heavy atom. The van der Waals surface area contributed by atoms with E-state index in [9.17, 15) is 0 Å². The van der Waals surface area contributed by atoms with E-state index >= 15 is 0 Å². The van der Waals surface area contributed by atoms with Gasteiger partial charge in [0.1, 0.15) is 0 Å². The van der Waals surface area contributed by atoms with Crippen LogP contribution in [-0.2, 0) is 12.4 Å². The lowest BCUT2D eigenvalue weighted by Gasteiger charge is -2.04. The SMILES string of the molecule is Cn1ncc(N)c1-c1ccc(CBr)cc1. The number of aryl methyl sites for hydroxylation is 1. The number of anilines is 1. The second kappa shape index (κ2) is 4.06. The summed E-state index contributed by atoms with van der Waals surface area (Å²) >= 11 is 3.42. The molecule has 0 atom stereocenters. The van der Waals surface area contributed by atoms with E-state index in [1.807, 2.05) is 7.05 Å². The third-order valence-corrected chi connectivity index (χ3v) is 3.00. The van der Waals surface area contributed by atoms with Crippen molar-refractivity contribution < 1.29 is 0 Å². The van der Waals surface area contributed by atoms with Crippen molar-refractivity contribution in [1.82, 2.24) is 9.78 Å². The Hall–Kier alpha value is -1.29. The molecule has 0 fully saturated rings. The molecule has 0 aliphatic heterocycles. The zero-order chi connectivity index (χ0) is 10.8. The summed E-state index contributed by atoms with van der Waals surface area (Å²) in [5.41, 5.74) is 9.88. The van der Waals surface area contributed by atoms with E-state index in [-0.39, 0.29) is 0 Å². The molecule has 3 nitrogen and oxygen atoms in total. The van der Waals surface area contributed by atoms with E-state index < -0.39 is 0 Å². The molecule has 0 aliphatic rings. The summed E-state index contributed by atoms with van der Waals surface area (Å²) in [5, 5.41) is 4.99. The van der Waals surface area contributed by atoms with E-state index in [4.69, 9.17) is 5.73 Å². The topological polar surface area (TPSA) is 43.8 Å². The number of halogens is 1. The van der Waals surface area contributed by atoms with Crippen molar-refractivity contribution in [3.63, 3.8) is 0 Å². The highest BCUT2D eigenvalue weighted by atomic mass is 79.9. The largest absolute Gasteiger partial charge is 0.396 e. The Balaban J connectivity index is 2.45. The first-order chi connectivity index (χ1) is 7.22. The lowest BCUT2D eigenvalue weighted by atomic mass is 10.1. The maximum absolute atomic E-state index is 5.85. The molecule has 0 saturated carbocycles. The van der Waals surface area contributed by atoms with Gasteiger partial charge in [-0.1, -0.05) is 40.2 Å². The molecular weight excluding hydrogens is 254 g/mol. The summed E-state index contributed by atoms with van der Waals surface area (Å²) in [6.45, 7) is 0. The zero-order valence-electron chi connectivity index (χ0n) is 8.44. The van der Waals surface area contributed by atoms with Crippen LogP contribution in [0.5, 0.6) is 0 Å². The van der Waals surface area contributed by atoms with Crippen LogP contribution in [-0.4, -0.2) is 9.78 Å². The summed E-state index contributed by atoms with van der Waals surface area (Å²) < 4.78 is 1.79. The van der Waals surface area contributed by atoms with Crippen LogP contribution in [0.1, 0.15) is 5.56 Å². The van der Waals surface area contributed by atoms with Gasteiger partial charge in [-0.3, -0.25) is 4.68 Å². The summed E-state index contributed by atoms with van der Waals surface area (Å²) in [5.74, 6) is 0. The molecule has 0 bridgehead atoms. The van der Waals surface area contributed by atoms with E-state index in [1.54, 1.807) is 10.9 Å². The van der Waals surface area contributed by atoms with Gasteiger partial charge in [-0.2, -0.15) is 5.10 Å². The second-order valence-corrected chi connectivity index (χ2v) is 3.96. The molecule has 15 heavy (non-hydrogen) atoms. The lowest BCUT2D eigenvalue weighted by Crippen LogP contribution is -1.95. The molecule has 2 rings (SSSR count). The van der Waals surface area contributed by atoms with Gasteiger partial charge in [0.05, 0.1) is 17.6 Å². The van der Waals surface area contributed by atoms with Crippen LogP contribution < -0.4 is 5.73 Å². The van der Waals surface area contributed by atoms with Crippen LogP contribution >= 0.6 is 15.9 Å². The third-order valence-electron chi connectivity index (χ3n) is 2.35. The predicted molar refractivity (Wildman–Crippen MR) is 65.7 cm³/mol. The minimum absolute atomic E-state index is 0.712. The smallest absolute Gasteiger partial charge is 0.0908 e. The normalized spacial score (nSPS) is 10.5. The molecule has 78 valence electrons. The first-order valence-corrected chi connectivity index (χ1v) is 5.77. The molecule has 4 heteroatoms. The van der Waals surface area contributed by atoms with Crippen molar-refractivity contribution in [2.45, 2.75) is 5.33 Å². The number of benzene rings is 1. The zero-order valence-corrected chi connectivity index (χ0v) is 10.0. The van der Waals surface area contributed by atoms with Crippen LogP contribution in [0.4, 0.5) is 5.69 Å².